The van der Waals surface area contributed by atoms with E-state index in [-0.39, 0.29) is 11.3 Å². The fraction of sp³-hybridized carbons (Fsp3) is 0.192. The molecule has 1 atom stereocenters. The standard InChI is InChI=1S/C26H21BrN2O3/c27-20-8-3-9-21(14-20)29-23(19-7-4-12-28-15-19)22(25(31)26(29)32)24(30)18-11-10-16-5-1-2-6-17(16)13-18/h3-4,7-15,23,30H,1-2,5-6H2/b24-22-. The van der Waals surface area contributed by atoms with Gasteiger partial charge in [0, 0.05) is 28.1 Å². The molecule has 1 aliphatic heterocycles. The maximum Gasteiger partial charge on any atom is 0.300 e. The monoisotopic (exact) mass is 488 g/mol. The van der Waals surface area contributed by atoms with E-state index in [1.165, 1.54) is 16.0 Å². The van der Waals surface area contributed by atoms with Crippen LogP contribution in [0.2, 0.25) is 0 Å². The van der Waals surface area contributed by atoms with Crippen molar-refractivity contribution in [1.82, 2.24) is 4.98 Å². The molecule has 1 aliphatic carbocycles. The first-order valence-corrected chi connectivity index (χ1v) is 11.4. The third-order valence-corrected chi connectivity index (χ3v) is 6.65. The topological polar surface area (TPSA) is 70.5 Å². The van der Waals surface area contributed by atoms with Gasteiger partial charge in [0.1, 0.15) is 5.76 Å². The van der Waals surface area contributed by atoms with Gasteiger partial charge in [0.25, 0.3) is 11.7 Å². The zero-order chi connectivity index (χ0) is 22.2. The quantitative estimate of drug-likeness (QED) is 0.306. The van der Waals surface area contributed by atoms with Gasteiger partial charge >= 0.3 is 0 Å². The highest BCUT2D eigenvalue weighted by molar-refractivity contribution is 9.10. The summed E-state index contributed by atoms with van der Waals surface area (Å²) in [4.78, 5) is 32.0. The summed E-state index contributed by atoms with van der Waals surface area (Å²) >= 11 is 3.44. The van der Waals surface area contributed by atoms with Crippen LogP contribution >= 0.6 is 15.9 Å². The lowest BCUT2D eigenvalue weighted by atomic mass is 9.89. The molecule has 1 saturated heterocycles. The van der Waals surface area contributed by atoms with Crippen LogP contribution < -0.4 is 4.90 Å². The van der Waals surface area contributed by atoms with Crippen molar-refractivity contribution < 1.29 is 14.7 Å². The first-order chi connectivity index (χ1) is 15.5. The summed E-state index contributed by atoms with van der Waals surface area (Å²) in [5, 5.41) is 11.3. The Hall–Kier alpha value is -3.25. The van der Waals surface area contributed by atoms with Gasteiger partial charge in [-0.2, -0.15) is 0 Å². The van der Waals surface area contributed by atoms with E-state index in [2.05, 4.69) is 20.9 Å². The number of anilines is 1. The molecule has 32 heavy (non-hydrogen) atoms. The van der Waals surface area contributed by atoms with Crippen molar-refractivity contribution in [2.45, 2.75) is 31.7 Å². The van der Waals surface area contributed by atoms with E-state index < -0.39 is 17.7 Å². The van der Waals surface area contributed by atoms with E-state index >= 15 is 0 Å². The molecule has 2 aromatic carbocycles. The van der Waals surface area contributed by atoms with E-state index in [1.807, 2.05) is 36.4 Å². The van der Waals surface area contributed by atoms with Crippen molar-refractivity contribution >= 4 is 39.1 Å². The summed E-state index contributed by atoms with van der Waals surface area (Å²) < 4.78 is 0.788. The summed E-state index contributed by atoms with van der Waals surface area (Å²) in [6, 6.07) is 15.8. The number of carbonyl (C=O) groups is 2. The molecule has 1 N–H and O–H groups in total. The van der Waals surface area contributed by atoms with Gasteiger partial charge in [0.2, 0.25) is 0 Å². The molecule has 5 nitrogen and oxygen atoms in total. The Morgan fingerprint density at radius 2 is 1.81 bits per heavy atom. The Labute approximate surface area is 194 Å². The molecule has 2 aliphatic rings. The SMILES string of the molecule is O=C1C(=O)N(c2cccc(Br)c2)C(c2cccnc2)/C1=C(/O)c1ccc2c(c1)CCCC2. The van der Waals surface area contributed by atoms with Crippen molar-refractivity contribution in [3.63, 3.8) is 0 Å². The van der Waals surface area contributed by atoms with Crippen LogP contribution in [0.4, 0.5) is 5.69 Å². The van der Waals surface area contributed by atoms with Crippen LogP contribution in [0.1, 0.15) is 41.1 Å². The number of pyridine rings is 1. The van der Waals surface area contributed by atoms with Gasteiger partial charge in [-0.15, -0.1) is 0 Å². The van der Waals surface area contributed by atoms with Gasteiger partial charge in [0.15, 0.2) is 0 Å². The van der Waals surface area contributed by atoms with E-state index in [9.17, 15) is 14.7 Å². The molecule has 3 aromatic rings. The third kappa shape index (κ3) is 3.54. The summed E-state index contributed by atoms with van der Waals surface area (Å²) in [5.41, 5.74) is 4.35. The molecule has 1 unspecified atom stereocenters. The molecule has 0 radical (unpaired) electrons. The first-order valence-electron chi connectivity index (χ1n) is 10.6. The Morgan fingerprint density at radius 3 is 2.56 bits per heavy atom. The molecular weight excluding hydrogens is 468 g/mol. The minimum absolute atomic E-state index is 0.0822. The maximum absolute atomic E-state index is 13.2. The minimum Gasteiger partial charge on any atom is -0.507 e. The summed E-state index contributed by atoms with van der Waals surface area (Å²) in [5.74, 6) is -1.52. The van der Waals surface area contributed by atoms with Gasteiger partial charge < -0.3 is 5.11 Å². The van der Waals surface area contributed by atoms with Crippen molar-refractivity contribution in [2.75, 3.05) is 4.90 Å². The molecule has 1 amide bonds. The molecule has 0 bridgehead atoms. The van der Waals surface area contributed by atoms with Gasteiger partial charge in [-0.05, 0) is 72.7 Å². The number of hydrogen-bond acceptors (Lipinski definition) is 4. The van der Waals surface area contributed by atoms with E-state index in [4.69, 9.17) is 0 Å². The second-order valence-electron chi connectivity index (χ2n) is 8.13. The van der Waals surface area contributed by atoms with Gasteiger partial charge in [-0.25, -0.2) is 0 Å². The molecule has 1 fully saturated rings. The van der Waals surface area contributed by atoms with Crippen LogP contribution in [0.5, 0.6) is 0 Å². The summed E-state index contributed by atoms with van der Waals surface area (Å²) in [7, 11) is 0. The second-order valence-corrected chi connectivity index (χ2v) is 9.04. The van der Waals surface area contributed by atoms with Gasteiger partial charge in [-0.1, -0.05) is 40.2 Å². The van der Waals surface area contributed by atoms with Crippen LogP contribution in [0.25, 0.3) is 5.76 Å². The van der Waals surface area contributed by atoms with Crippen LogP contribution in [-0.4, -0.2) is 21.8 Å². The van der Waals surface area contributed by atoms with E-state index in [0.29, 0.717) is 16.8 Å². The number of aryl methyl sites for hydroxylation is 2. The van der Waals surface area contributed by atoms with Crippen LogP contribution in [0.15, 0.2) is 77.0 Å². The number of benzene rings is 2. The molecular formula is C26H21BrN2O3. The Morgan fingerprint density at radius 1 is 1.00 bits per heavy atom. The van der Waals surface area contributed by atoms with Crippen molar-refractivity contribution in [3.05, 3.63) is 99.3 Å². The molecule has 1 aromatic heterocycles. The number of nitrogens with zero attached hydrogens (tertiary/aromatic N) is 2. The normalized spacial score (nSPS) is 19.8. The number of halogens is 1. The number of carbonyl (C=O) groups excluding carboxylic acids is 2. The number of Topliss-reactive ketones (excluding diaryl/α,β-unsaturated/α-hetero) is 1. The number of aromatic nitrogens is 1. The number of amides is 1. The number of ketones is 1. The molecule has 6 heteroatoms. The van der Waals surface area contributed by atoms with E-state index in [0.717, 1.165) is 30.2 Å². The highest BCUT2D eigenvalue weighted by atomic mass is 79.9. The lowest BCUT2D eigenvalue weighted by Gasteiger charge is -2.25. The average molecular weight is 489 g/mol. The number of aliphatic hydroxyl groups is 1. The number of rotatable bonds is 3. The first kappa shape index (κ1) is 20.6. The van der Waals surface area contributed by atoms with E-state index in [1.54, 1.807) is 30.6 Å². The highest BCUT2D eigenvalue weighted by Gasteiger charge is 2.47. The second kappa shape index (κ2) is 8.36. The van der Waals surface area contributed by atoms with Gasteiger partial charge in [-0.3, -0.25) is 19.5 Å². The predicted octanol–water partition coefficient (Wildman–Crippen LogP) is 5.35. The summed E-state index contributed by atoms with van der Waals surface area (Å²) in [6.45, 7) is 0. The smallest absolute Gasteiger partial charge is 0.300 e. The highest BCUT2D eigenvalue weighted by Crippen LogP contribution is 2.42. The summed E-state index contributed by atoms with van der Waals surface area (Å²) in [6.07, 6.45) is 7.52. The average Bonchev–Trinajstić information content (AvgIpc) is 3.09. The van der Waals surface area contributed by atoms with Crippen molar-refractivity contribution in [2.24, 2.45) is 0 Å². The number of aliphatic hydroxyl groups excluding tert-OH is 1. The zero-order valence-electron chi connectivity index (χ0n) is 17.3. The molecule has 5 rings (SSSR count). The lowest BCUT2D eigenvalue weighted by Crippen LogP contribution is -2.29. The third-order valence-electron chi connectivity index (χ3n) is 6.15. The van der Waals surface area contributed by atoms with Crippen LogP contribution in [0, 0.1) is 0 Å². The van der Waals surface area contributed by atoms with Crippen LogP contribution in [0.3, 0.4) is 0 Å². The fourth-order valence-electron chi connectivity index (χ4n) is 4.61. The molecule has 160 valence electrons. The Bertz CT molecular complexity index is 1250. The van der Waals surface area contributed by atoms with Crippen LogP contribution in [-0.2, 0) is 22.4 Å². The Balaban J connectivity index is 1.69. The predicted molar refractivity (Wildman–Crippen MR) is 126 cm³/mol. The lowest BCUT2D eigenvalue weighted by molar-refractivity contribution is -0.132. The molecule has 0 spiro atoms. The maximum atomic E-state index is 13.2. The van der Waals surface area contributed by atoms with Gasteiger partial charge in [0.05, 0.1) is 11.6 Å². The van der Waals surface area contributed by atoms with Crippen molar-refractivity contribution in [3.8, 4) is 0 Å². The zero-order valence-corrected chi connectivity index (χ0v) is 18.9. The fourth-order valence-corrected chi connectivity index (χ4v) is 5.00. The molecule has 0 saturated carbocycles. The minimum atomic E-state index is -0.769. The number of fused-ring (bicyclic) bond motifs is 1. The Kier molecular flexibility index (Phi) is 5.39. The largest absolute Gasteiger partial charge is 0.507 e. The molecule has 2 heterocycles. The van der Waals surface area contributed by atoms with Crippen molar-refractivity contribution in [1.29, 1.82) is 0 Å². The number of hydrogen-bond donors (Lipinski definition) is 1.